The summed E-state index contributed by atoms with van der Waals surface area (Å²) in [7, 11) is -3.87. The van der Waals surface area contributed by atoms with Crippen LogP contribution in [-0.2, 0) is 14.8 Å². The molecule has 0 saturated carbocycles. The Kier molecular flexibility index (Phi) is 5.61. The molecule has 0 aliphatic carbocycles. The second-order valence-corrected chi connectivity index (χ2v) is 9.02. The van der Waals surface area contributed by atoms with Crippen molar-refractivity contribution in [3.8, 4) is 0 Å². The van der Waals surface area contributed by atoms with Gasteiger partial charge in [0.05, 0.1) is 22.7 Å². The number of sulfonamides is 1. The molecule has 1 aliphatic heterocycles. The molecule has 0 unspecified atom stereocenters. The van der Waals surface area contributed by atoms with Gasteiger partial charge in [-0.3, -0.25) is 14.6 Å². The van der Waals surface area contributed by atoms with Crippen molar-refractivity contribution in [1.29, 1.82) is 0 Å². The Hall–Kier alpha value is -3.80. The monoisotopic (exact) mass is 456 g/mol. The van der Waals surface area contributed by atoms with Gasteiger partial charge in [0.25, 0.3) is 15.9 Å². The summed E-state index contributed by atoms with van der Waals surface area (Å²) in [5, 5.41) is 6.46. The standard InChI is InChI=1S/C20H20N6O5S/c1-12-13(2)24-31-19(12)25-32(29,30)16-5-3-15(4-6-16)23-18(27)14-10-26(11-14)20(28)17-9-21-7-8-22-17/h3-9,14,25H,10-11H2,1-2H3,(H,23,27). The first-order chi connectivity index (χ1) is 15.2. The zero-order valence-corrected chi connectivity index (χ0v) is 18.1. The fourth-order valence-corrected chi connectivity index (χ4v) is 4.08. The lowest BCUT2D eigenvalue weighted by Crippen LogP contribution is -2.54. The van der Waals surface area contributed by atoms with Gasteiger partial charge in [0, 0.05) is 36.7 Å². The molecule has 11 nitrogen and oxygen atoms in total. The maximum atomic E-state index is 12.5. The molecule has 4 rings (SSSR count). The summed E-state index contributed by atoms with van der Waals surface area (Å²) in [5.41, 5.74) is 1.87. The number of hydrogen-bond acceptors (Lipinski definition) is 8. The highest BCUT2D eigenvalue weighted by Crippen LogP contribution is 2.24. The molecular weight excluding hydrogens is 436 g/mol. The maximum Gasteiger partial charge on any atom is 0.274 e. The first kappa shape index (κ1) is 21.4. The number of nitrogens with one attached hydrogen (secondary N) is 2. The number of carbonyl (C=O) groups is 2. The van der Waals surface area contributed by atoms with Crippen molar-refractivity contribution < 1.29 is 22.5 Å². The highest BCUT2D eigenvalue weighted by atomic mass is 32.2. The van der Waals surface area contributed by atoms with Crippen LogP contribution in [0.4, 0.5) is 11.6 Å². The number of anilines is 2. The Morgan fingerprint density at radius 3 is 2.44 bits per heavy atom. The molecule has 3 heterocycles. The third-order valence-corrected chi connectivity index (χ3v) is 6.49. The van der Waals surface area contributed by atoms with Crippen LogP contribution >= 0.6 is 0 Å². The molecule has 32 heavy (non-hydrogen) atoms. The van der Waals surface area contributed by atoms with Crippen LogP contribution in [0.5, 0.6) is 0 Å². The quantitative estimate of drug-likeness (QED) is 0.568. The molecule has 2 N–H and O–H groups in total. The van der Waals surface area contributed by atoms with E-state index in [1.165, 1.54) is 47.8 Å². The molecule has 3 aromatic rings. The summed E-state index contributed by atoms with van der Waals surface area (Å²) in [6.07, 6.45) is 4.29. The van der Waals surface area contributed by atoms with Crippen molar-refractivity contribution in [1.82, 2.24) is 20.0 Å². The zero-order valence-electron chi connectivity index (χ0n) is 17.3. The minimum atomic E-state index is -3.87. The molecule has 1 saturated heterocycles. The van der Waals surface area contributed by atoms with Crippen LogP contribution in [-0.4, -0.2) is 53.3 Å². The van der Waals surface area contributed by atoms with Crippen LogP contribution in [0.2, 0.25) is 0 Å². The minimum Gasteiger partial charge on any atom is -0.337 e. The third kappa shape index (κ3) is 4.30. The van der Waals surface area contributed by atoms with E-state index in [1.807, 2.05) is 0 Å². The number of aromatic nitrogens is 3. The fraction of sp³-hybridized carbons (Fsp3) is 0.250. The average molecular weight is 456 g/mol. The van der Waals surface area contributed by atoms with Crippen LogP contribution in [0.1, 0.15) is 21.7 Å². The molecule has 0 atom stereocenters. The van der Waals surface area contributed by atoms with Crippen molar-refractivity contribution in [2.75, 3.05) is 23.1 Å². The predicted molar refractivity (Wildman–Crippen MR) is 113 cm³/mol. The molecular formula is C20H20N6O5S. The SMILES string of the molecule is Cc1noc(NS(=O)(=O)c2ccc(NC(=O)C3CN(C(=O)c4cnccn4)C3)cc2)c1C. The van der Waals surface area contributed by atoms with Crippen molar-refractivity contribution in [3.05, 3.63) is 59.8 Å². The van der Waals surface area contributed by atoms with E-state index in [9.17, 15) is 18.0 Å². The van der Waals surface area contributed by atoms with E-state index in [0.29, 0.717) is 16.9 Å². The van der Waals surface area contributed by atoms with Crippen molar-refractivity contribution in [2.24, 2.45) is 5.92 Å². The maximum absolute atomic E-state index is 12.5. The number of nitrogens with zero attached hydrogens (tertiary/aromatic N) is 4. The van der Waals surface area contributed by atoms with E-state index in [1.54, 1.807) is 13.8 Å². The van der Waals surface area contributed by atoms with Gasteiger partial charge in [-0.1, -0.05) is 5.16 Å². The first-order valence-corrected chi connectivity index (χ1v) is 11.1. The number of likely N-dealkylation sites (tertiary alicyclic amines) is 1. The van der Waals surface area contributed by atoms with Crippen molar-refractivity contribution >= 4 is 33.4 Å². The Bertz CT molecular complexity index is 1250. The lowest BCUT2D eigenvalue weighted by Gasteiger charge is -2.37. The average Bonchev–Trinajstić information content (AvgIpc) is 3.05. The highest BCUT2D eigenvalue weighted by Gasteiger charge is 2.36. The van der Waals surface area contributed by atoms with Gasteiger partial charge in [-0.05, 0) is 38.1 Å². The van der Waals surface area contributed by atoms with E-state index < -0.39 is 10.0 Å². The van der Waals surface area contributed by atoms with Gasteiger partial charge >= 0.3 is 0 Å². The van der Waals surface area contributed by atoms with Gasteiger partial charge in [-0.25, -0.2) is 18.1 Å². The van der Waals surface area contributed by atoms with Gasteiger partial charge in [0.2, 0.25) is 11.8 Å². The largest absolute Gasteiger partial charge is 0.337 e. The molecule has 0 bridgehead atoms. The number of hydrogen-bond donors (Lipinski definition) is 2. The van der Waals surface area contributed by atoms with Gasteiger partial charge in [-0.15, -0.1) is 0 Å². The van der Waals surface area contributed by atoms with E-state index in [-0.39, 0.29) is 47.3 Å². The summed E-state index contributed by atoms with van der Waals surface area (Å²) < 4.78 is 32.4. The number of benzene rings is 1. The third-order valence-electron chi connectivity index (χ3n) is 5.14. The van der Waals surface area contributed by atoms with Crippen LogP contribution in [0.3, 0.4) is 0 Å². The molecule has 2 aromatic heterocycles. The smallest absolute Gasteiger partial charge is 0.274 e. The summed E-state index contributed by atoms with van der Waals surface area (Å²) >= 11 is 0. The number of carbonyl (C=O) groups excluding carboxylic acids is 2. The summed E-state index contributed by atoms with van der Waals surface area (Å²) in [6.45, 7) is 3.95. The Labute approximate surface area is 183 Å². The van der Waals surface area contributed by atoms with Crippen LogP contribution < -0.4 is 10.0 Å². The lowest BCUT2D eigenvalue weighted by molar-refractivity contribution is -0.123. The van der Waals surface area contributed by atoms with Gasteiger partial charge < -0.3 is 14.7 Å². The molecule has 166 valence electrons. The summed E-state index contributed by atoms with van der Waals surface area (Å²) in [5.74, 6) is -0.833. The fourth-order valence-electron chi connectivity index (χ4n) is 3.03. The van der Waals surface area contributed by atoms with Crippen LogP contribution in [0.15, 0.2) is 52.3 Å². The summed E-state index contributed by atoms with van der Waals surface area (Å²) in [4.78, 5) is 34.0. The molecule has 2 amide bonds. The molecule has 12 heteroatoms. The molecule has 0 spiro atoms. The van der Waals surface area contributed by atoms with E-state index in [0.717, 1.165) is 0 Å². The number of rotatable bonds is 6. The minimum absolute atomic E-state index is 0.00772. The molecule has 1 aromatic carbocycles. The molecule has 1 fully saturated rings. The van der Waals surface area contributed by atoms with E-state index >= 15 is 0 Å². The summed E-state index contributed by atoms with van der Waals surface area (Å²) in [6, 6.07) is 5.74. The highest BCUT2D eigenvalue weighted by molar-refractivity contribution is 7.92. The second-order valence-electron chi connectivity index (χ2n) is 7.34. The van der Waals surface area contributed by atoms with E-state index in [4.69, 9.17) is 4.52 Å². The zero-order chi connectivity index (χ0) is 22.9. The van der Waals surface area contributed by atoms with Crippen molar-refractivity contribution in [3.63, 3.8) is 0 Å². The first-order valence-electron chi connectivity index (χ1n) is 9.66. The molecule has 1 aliphatic rings. The van der Waals surface area contributed by atoms with Crippen molar-refractivity contribution in [2.45, 2.75) is 18.7 Å². The predicted octanol–water partition coefficient (Wildman–Crippen LogP) is 1.59. The Morgan fingerprint density at radius 2 is 1.84 bits per heavy atom. The number of aryl methyl sites for hydroxylation is 1. The normalized spacial score (nSPS) is 14.0. The van der Waals surface area contributed by atoms with Crippen LogP contribution in [0.25, 0.3) is 0 Å². The second kappa shape index (κ2) is 8.38. The lowest BCUT2D eigenvalue weighted by atomic mass is 9.98. The molecule has 0 radical (unpaired) electrons. The number of amides is 2. The van der Waals surface area contributed by atoms with Gasteiger partial charge in [-0.2, -0.15) is 0 Å². The van der Waals surface area contributed by atoms with E-state index in [2.05, 4.69) is 25.2 Å². The van der Waals surface area contributed by atoms with Crippen LogP contribution in [0, 0.1) is 19.8 Å². The van der Waals surface area contributed by atoms with Gasteiger partial charge in [0.1, 0.15) is 5.69 Å². The Balaban J connectivity index is 1.33. The topological polar surface area (TPSA) is 147 Å². The Morgan fingerprint density at radius 1 is 1.12 bits per heavy atom. The van der Waals surface area contributed by atoms with Gasteiger partial charge in [0.15, 0.2) is 0 Å².